The van der Waals surface area contributed by atoms with E-state index in [2.05, 4.69) is 4.74 Å². The summed E-state index contributed by atoms with van der Waals surface area (Å²) in [5.74, 6) is -1.32. The summed E-state index contributed by atoms with van der Waals surface area (Å²) in [7, 11) is 1.20. The average Bonchev–Trinajstić information content (AvgIpc) is 2.43. The number of rotatable bonds is 2. The summed E-state index contributed by atoms with van der Waals surface area (Å²) in [4.78, 5) is 22.0. The molecule has 0 saturated carbocycles. The van der Waals surface area contributed by atoms with Gasteiger partial charge in [0, 0.05) is 0 Å². The van der Waals surface area contributed by atoms with Gasteiger partial charge in [0.05, 0.1) is 7.11 Å². The van der Waals surface area contributed by atoms with Gasteiger partial charge in [-0.05, 0) is 12.5 Å². The fourth-order valence-electron chi connectivity index (χ4n) is 1.06. The molecular weight excluding hydrogens is 231 g/mol. The molecule has 0 aromatic heterocycles. The molecule has 0 amide bonds. The molecule has 0 radical (unpaired) electrons. The number of hydrogen-bond donors (Lipinski definition) is 0. The molecule has 6 heteroatoms. The van der Waals surface area contributed by atoms with Crippen molar-refractivity contribution in [3.8, 4) is 0 Å². The lowest BCUT2D eigenvalue weighted by atomic mass is 10.1. The molecule has 78 valence electrons. The molecule has 0 N–H and O–H groups in total. The van der Waals surface area contributed by atoms with Gasteiger partial charge in [-0.15, -0.1) is 11.6 Å². The van der Waals surface area contributed by atoms with Crippen molar-refractivity contribution in [2.75, 3.05) is 7.11 Å². The predicted octanol–water partition coefficient (Wildman–Crippen LogP) is 1.20. The molecular formula is C8H8Cl2O4. The topological polar surface area (TPSA) is 52.6 Å². The molecule has 4 nitrogen and oxygen atoms in total. The van der Waals surface area contributed by atoms with Gasteiger partial charge < -0.3 is 9.47 Å². The summed E-state index contributed by atoms with van der Waals surface area (Å²) in [5.41, 5.74) is 0.446. The van der Waals surface area contributed by atoms with Crippen molar-refractivity contribution in [1.82, 2.24) is 0 Å². The van der Waals surface area contributed by atoms with E-state index in [1.807, 2.05) is 0 Å². The molecule has 2 unspecified atom stereocenters. The van der Waals surface area contributed by atoms with Crippen molar-refractivity contribution in [3.05, 3.63) is 10.6 Å². The fourth-order valence-corrected chi connectivity index (χ4v) is 1.54. The predicted molar refractivity (Wildman–Crippen MR) is 50.1 cm³/mol. The van der Waals surface area contributed by atoms with Crippen molar-refractivity contribution >= 4 is 35.1 Å². The summed E-state index contributed by atoms with van der Waals surface area (Å²) in [6.07, 6.45) is -0.830. The van der Waals surface area contributed by atoms with Gasteiger partial charge in [-0.1, -0.05) is 11.6 Å². The van der Waals surface area contributed by atoms with Gasteiger partial charge in [0.15, 0.2) is 11.5 Å². The van der Waals surface area contributed by atoms with E-state index in [-0.39, 0.29) is 5.03 Å². The molecule has 14 heavy (non-hydrogen) atoms. The molecule has 2 atom stereocenters. The molecule has 1 aliphatic rings. The molecule has 1 heterocycles. The summed E-state index contributed by atoms with van der Waals surface area (Å²) in [5, 5.41) is -1.08. The number of cyclic esters (lactones) is 1. The van der Waals surface area contributed by atoms with E-state index in [0.717, 1.165) is 0 Å². The van der Waals surface area contributed by atoms with Crippen molar-refractivity contribution < 1.29 is 19.1 Å². The van der Waals surface area contributed by atoms with Crippen LogP contribution in [0.3, 0.4) is 0 Å². The zero-order valence-electron chi connectivity index (χ0n) is 7.54. The van der Waals surface area contributed by atoms with Crippen molar-refractivity contribution in [2.45, 2.75) is 18.4 Å². The minimum Gasteiger partial charge on any atom is -0.468 e. The minimum atomic E-state index is -1.06. The summed E-state index contributed by atoms with van der Waals surface area (Å²) >= 11 is 11.3. The first-order chi connectivity index (χ1) is 6.49. The Morgan fingerprint density at radius 2 is 2.21 bits per heavy atom. The monoisotopic (exact) mass is 238 g/mol. The van der Waals surface area contributed by atoms with Gasteiger partial charge in [0.25, 0.3) is 0 Å². The Labute approximate surface area is 90.8 Å². The number of alkyl halides is 1. The van der Waals surface area contributed by atoms with Crippen LogP contribution in [0.25, 0.3) is 0 Å². The SMILES string of the molecule is COC(=O)C(Cl)C1OC(=O)C(Cl)=C1C. The van der Waals surface area contributed by atoms with Crippen LogP contribution in [-0.2, 0) is 19.1 Å². The molecule has 0 fully saturated rings. The lowest BCUT2D eigenvalue weighted by molar-refractivity contribution is -0.146. The molecule has 1 rings (SSSR count). The number of carbonyl (C=O) groups excluding carboxylic acids is 2. The zero-order chi connectivity index (χ0) is 10.9. The second-order valence-electron chi connectivity index (χ2n) is 2.75. The van der Waals surface area contributed by atoms with Gasteiger partial charge >= 0.3 is 11.9 Å². The highest BCUT2D eigenvalue weighted by Gasteiger charge is 2.39. The molecule has 0 aromatic carbocycles. The average molecular weight is 239 g/mol. The Bertz CT molecular complexity index is 310. The molecule has 0 bridgehead atoms. The first-order valence-corrected chi connectivity index (χ1v) is 4.59. The fraction of sp³-hybridized carbons (Fsp3) is 0.500. The third kappa shape index (κ3) is 1.86. The second-order valence-corrected chi connectivity index (χ2v) is 3.60. The van der Waals surface area contributed by atoms with Crippen molar-refractivity contribution in [1.29, 1.82) is 0 Å². The van der Waals surface area contributed by atoms with Gasteiger partial charge in [-0.3, -0.25) is 4.79 Å². The van der Waals surface area contributed by atoms with E-state index in [1.54, 1.807) is 6.92 Å². The first-order valence-electron chi connectivity index (χ1n) is 3.78. The number of hydrogen-bond acceptors (Lipinski definition) is 4. The largest absolute Gasteiger partial charge is 0.468 e. The normalized spacial score (nSPS) is 23.4. The minimum absolute atomic E-state index is 0.0236. The maximum absolute atomic E-state index is 11.0. The Hall–Kier alpha value is -0.740. The maximum Gasteiger partial charge on any atom is 0.350 e. The second kappa shape index (κ2) is 4.19. The van der Waals surface area contributed by atoms with E-state index >= 15 is 0 Å². The van der Waals surface area contributed by atoms with Crippen LogP contribution in [0.1, 0.15) is 6.92 Å². The third-order valence-electron chi connectivity index (χ3n) is 1.88. The third-order valence-corrected chi connectivity index (χ3v) is 2.74. The molecule has 0 saturated heterocycles. The van der Waals surface area contributed by atoms with Crippen molar-refractivity contribution in [3.63, 3.8) is 0 Å². The number of methoxy groups -OCH3 is 1. The van der Waals surface area contributed by atoms with Crippen LogP contribution >= 0.6 is 23.2 Å². The van der Waals surface area contributed by atoms with E-state index in [0.29, 0.717) is 5.57 Å². The lowest BCUT2D eigenvalue weighted by Gasteiger charge is -2.15. The van der Waals surface area contributed by atoms with E-state index < -0.39 is 23.4 Å². The molecule has 1 aliphatic heterocycles. The van der Waals surface area contributed by atoms with Crippen LogP contribution in [0.4, 0.5) is 0 Å². The Morgan fingerprint density at radius 3 is 2.57 bits per heavy atom. The molecule has 0 spiro atoms. The van der Waals surface area contributed by atoms with Gasteiger partial charge in [0.1, 0.15) is 5.03 Å². The van der Waals surface area contributed by atoms with E-state index in [9.17, 15) is 9.59 Å². The Kier molecular flexibility index (Phi) is 3.39. The summed E-state index contributed by atoms with van der Waals surface area (Å²) in [6.45, 7) is 1.58. The zero-order valence-corrected chi connectivity index (χ0v) is 9.06. The first kappa shape index (κ1) is 11.3. The molecule has 0 aliphatic carbocycles. The molecule has 0 aromatic rings. The number of esters is 2. The number of carbonyl (C=O) groups is 2. The quantitative estimate of drug-likeness (QED) is 0.536. The Morgan fingerprint density at radius 1 is 1.64 bits per heavy atom. The number of ether oxygens (including phenoxy) is 2. The summed E-state index contributed by atoms with van der Waals surface area (Å²) < 4.78 is 9.21. The highest BCUT2D eigenvalue weighted by atomic mass is 35.5. The van der Waals surface area contributed by atoms with Crippen molar-refractivity contribution in [2.24, 2.45) is 0 Å². The van der Waals surface area contributed by atoms with Gasteiger partial charge in [-0.2, -0.15) is 0 Å². The van der Waals surface area contributed by atoms with Crippen LogP contribution in [0.2, 0.25) is 0 Å². The van der Waals surface area contributed by atoms with Crippen LogP contribution in [-0.4, -0.2) is 30.5 Å². The lowest BCUT2D eigenvalue weighted by Crippen LogP contribution is -2.31. The number of halogens is 2. The highest BCUT2D eigenvalue weighted by molar-refractivity contribution is 6.42. The van der Waals surface area contributed by atoms with Gasteiger partial charge in [-0.25, -0.2) is 4.79 Å². The van der Waals surface area contributed by atoms with Crippen LogP contribution in [0, 0.1) is 0 Å². The standard InChI is InChI=1S/C8H8Cl2O4/c1-3-4(9)8(12)14-6(3)5(10)7(11)13-2/h5-6H,1-2H3. The maximum atomic E-state index is 11.0. The van der Waals surface area contributed by atoms with Crippen LogP contribution in [0.5, 0.6) is 0 Å². The van der Waals surface area contributed by atoms with Crippen LogP contribution in [0.15, 0.2) is 10.6 Å². The Balaban J connectivity index is 2.83. The van der Waals surface area contributed by atoms with E-state index in [4.69, 9.17) is 27.9 Å². The van der Waals surface area contributed by atoms with Crippen LogP contribution < -0.4 is 0 Å². The summed E-state index contributed by atoms with van der Waals surface area (Å²) in [6, 6.07) is 0. The van der Waals surface area contributed by atoms with Gasteiger partial charge in [0.2, 0.25) is 0 Å². The smallest absolute Gasteiger partial charge is 0.350 e. The van der Waals surface area contributed by atoms with E-state index in [1.165, 1.54) is 7.11 Å². The highest BCUT2D eigenvalue weighted by Crippen LogP contribution is 2.29.